The van der Waals surface area contributed by atoms with Crippen molar-refractivity contribution in [3.8, 4) is 11.8 Å². The Hall–Kier alpha value is -1.51. The summed E-state index contributed by atoms with van der Waals surface area (Å²) in [6.07, 6.45) is 0. The molecule has 0 atom stereocenters. The van der Waals surface area contributed by atoms with E-state index in [-0.39, 0.29) is 12.5 Å². The van der Waals surface area contributed by atoms with Gasteiger partial charge in [0.2, 0.25) is 0 Å². The molecule has 0 radical (unpaired) electrons. The summed E-state index contributed by atoms with van der Waals surface area (Å²) in [4.78, 5) is 12.9. The quantitative estimate of drug-likeness (QED) is 0.813. The molecule has 1 heterocycles. The Balaban J connectivity index is 2.18. The standard InChI is InChI=1S/C15H11Cl2NO2S/c1-9-5-13(17)14(7-12(9)16)18-15(20)10-6-11(21-8-10)3-2-4-19/h5-8,19H,4H2,1H3,(H,18,20). The highest BCUT2D eigenvalue weighted by molar-refractivity contribution is 7.10. The first-order valence-corrected chi connectivity index (χ1v) is 7.60. The first-order chi connectivity index (χ1) is 10.0. The van der Waals surface area contributed by atoms with E-state index in [1.54, 1.807) is 23.6 Å². The normalized spacial score (nSPS) is 9.90. The zero-order valence-electron chi connectivity index (χ0n) is 11.0. The van der Waals surface area contributed by atoms with E-state index in [4.69, 9.17) is 28.3 Å². The smallest absolute Gasteiger partial charge is 0.256 e. The molecule has 6 heteroatoms. The largest absolute Gasteiger partial charge is 0.384 e. The lowest BCUT2D eigenvalue weighted by Gasteiger charge is -2.08. The average molecular weight is 340 g/mol. The van der Waals surface area contributed by atoms with E-state index in [0.717, 1.165) is 5.56 Å². The van der Waals surface area contributed by atoms with Crippen LogP contribution >= 0.6 is 34.5 Å². The molecular weight excluding hydrogens is 329 g/mol. The lowest BCUT2D eigenvalue weighted by Crippen LogP contribution is -2.11. The number of aryl methyl sites for hydroxylation is 1. The first kappa shape index (κ1) is 15.9. The van der Waals surface area contributed by atoms with Crippen LogP contribution in [0.4, 0.5) is 5.69 Å². The number of benzene rings is 1. The van der Waals surface area contributed by atoms with Gasteiger partial charge in [-0.3, -0.25) is 4.79 Å². The van der Waals surface area contributed by atoms with Gasteiger partial charge < -0.3 is 10.4 Å². The van der Waals surface area contributed by atoms with E-state index in [1.165, 1.54) is 11.3 Å². The third-order valence-electron chi connectivity index (χ3n) is 2.65. The number of anilines is 1. The molecule has 1 amide bonds. The van der Waals surface area contributed by atoms with Crippen molar-refractivity contribution in [1.29, 1.82) is 0 Å². The van der Waals surface area contributed by atoms with Gasteiger partial charge in [0.15, 0.2) is 0 Å². The summed E-state index contributed by atoms with van der Waals surface area (Å²) >= 11 is 13.4. The molecule has 3 nitrogen and oxygen atoms in total. The molecule has 0 bridgehead atoms. The van der Waals surface area contributed by atoms with E-state index < -0.39 is 0 Å². The zero-order chi connectivity index (χ0) is 15.4. The van der Waals surface area contributed by atoms with Gasteiger partial charge >= 0.3 is 0 Å². The SMILES string of the molecule is Cc1cc(Cl)c(NC(=O)c2csc(C#CCO)c2)cc1Cl. The molecule has 2 N–H and O–H groups in total. The Kier molecular flexibility index (Phi) is 5.27. The summed E-state index contributed by atoms with van der Waals surface area (Å²) in [7, 11) is 0. The van der Waals surface area contributed by atoms with Crippen LogP contribution in [-0.2, 0) is 0 Å². The predicted octanol–water partition coefficient (Wildman–Crippen LogP) is 3.96. The second kappa shape index (κ2) is 6.97. The van der Waals surface area contributed by atoms with Crippen molar-refractivity contribution in [3.63, 3.8) is 0 Å². The van der Waals surface area contributed by atoms with E-state index in [9.17, 15) is 4.79 Å². The van der Waals surface area contributed by atoms with Gasteiger partial charge in [0.1, 0.15) is 6.61 Å². The minimum Gasteiger partial charge on any atom is -0.384 e. The molecule has 0 aliphatic rings. The molecule has 0 spiro atoms. The van der Waals surface area contributed by atoms with Crippen LogP contribution in [0.2, 0.25) is 10.0 Å². The second-order valence-electron chi connectivity index (χ2n) is 4.19. The molecule has 0 unspecified atom stereocenters. The van der Waals surface area contributed by atoms with Crippen molar-refractivity contribution in [2.75, 3.05) is 11.9 Å². The molecule has 1 aromatic heterocycles. The number of nitrogens with one attached hydrogen (secondary N) is 1. The van der Waals surface area contributed by atoms with Crippen LogP contribution in [0.15, 0.2) is 23.6 Å². The molecule has 108 valence electrons. The van der Waals surface area contributed by atoms with Crippen molar-refractivity contribution in [2.24, 2.45) is 0 Å². The third-order valence-corrected chi connectivity index (χ3v) is 4.21. The highest BCUT2D eigenvalue weighted by Gasteiger charge is 2.12. The van der Waals surface area contributed by atoms with Crippen LogP contribution < -0.4 is 5.32 Å². The number of carbonyl (C=O) groups is 1. The van der Waals surface area contributed by atoms with E-state index in [1.807, 2.05) is 6.92 Å². The van der Waals surface area contributed by atoms with Gasteiger partial charge in [-0.25, -0.2) is 0 Å². The summed E-state index contributed by atoms with van der Waals surface area (Å²) in [5, 5.41) is 14.0. The Bertz CT molecular complexity index is 744. The second-order valence-corrected chi connectivity index (χ2v) is 5.92. The fourth-order valence-corrected chi connectivity index (χ4v) is 2.77. The Morgan fingerprint density at radius 1 is 1.33 bits per heavy atom. The minimum atomic E-state index is -0.287. The maximum atomic E-state index is 12.1. The number of thiophene rings is 1. The van der Waals surface area contributed by atoms with Crippen LogP contribution in [-0.4, -0.2) is 17.6 Å². The van der Waals surface area contributed by atoms with E-state index in [0.29, 0.717) is 26.2 Å². The molecule has 0 fully saturated rings. The summed E-state index contributed by atoms with van der Waals surface area (Å²) in [5.41, 5.74) is 1.79. The van der Waals surface area contributed by atoms with Gasteiger partial charge in [-0.05, 0) is 30.7 Å². The highest BCUT2D eigenvalue weighted by atomic mass is 35.5. The van der Waals surface area contributed by atoms with Crippen molar-refractivity contribution in [3.05, 3.63) is 49.6 Å². The van der Waals surface area contributed by atoms with Crippen LogP contribution in [0.3, 0.4) is 0 Å². The molecule has 0 aliphatic carbocycles. The maximum absolute atomic E-state index is 12.1. The number of hydrogen-bond donors (Lipinski definition) is 2. The van der Waals surface area contributed by atoms with Gasteiger partial charge in [-0.2, -0.15) is 0 Å². The Labute approximate surface area is 136 Å². The summed E-state index contributed by atoms with van der Waals surface area (Å²) in [6.45, 7) is 1.63. The molecule has 2 aromatic rings. The monoisotopic (exact) mass is 339 g/mol. The molecule has 2 rings (SSSR count). The van der Waals surface area contributed by atoms with Gasteiger partial charge in [0.05, 0.1) is 21.2 Å². The third kappa shape index (κ3) is 3.99. The lowest BCUT2D eigenvalue weighted by atomic mass is 10.2. The fraction of sp³-hybridized carbons (Fsp3) is 0.133. The van der Waals surface area contributed by atoms with Crippen LogP contribution in [0.5, 0.6) is 0 Å². The van der Waals surface area contributed by atoms with Crippen molar-refractivity contribution >= 4 is 46.1 Å². The van der Waals surface area contributed by atoms with Gasteiger partial charge in [-0.1, -0.05) is 35.0 Å². The van der Waals surface area contributed by atoms with Crippen LogP contribution in [0, 0.1) is 18.8 Å². The molecular formula is C15H11Cl2NO2S. The van der Waals surface area contributed by atoms with Crippen LogP contribution in [0.1, 0.15) is 20.8 Å². The number of hydrogen-bond acceptors (Lipinski definition) is 3. The number of carbonyl (C=O) groups excluding carboxylic acids is 1. The Morgan fingerprint density at radius 2 is 2.10 bits per heavy atom. The molecule has 1 aromatic carbocycles. The topological polar surface area (TPSA) is 49.3 Å². The molecule has 21 heavy (non-hydrogen) atoms. The van der Waals surface area contributed by atoms with Crippen molar-refractivity contribution in [1.82, 2.24) is 0 Å². The van der Waals surface area contributed by atoms with Crippen molar-refractivity contribution in [2.45, 2.75) is 6.92 Å². The van der Waals surface area contributed by atoms with E-state index >= 15 is 0 Å². The molecule has 0 aliphatic heterocycles. The average Bonchev–Trinajstić information content (AvgIpc) is 2.91. The summed E-state index contributed by atoms with van der Waals surface area (Å²) in [5.74, 6) is 5.00. The lowest BCUT2D eigenvalue weighted by molar-refractivity contribution is 0.102. The first-order valence-electron chi connectivity index (χ1n) is 5.96. The number of rotatable bonds is 2. The van der Waals surface area contributed by atoms with Gasteiger partial charge in [0.25, 0.3) is 5.91 Å². The highest BCUT2D eigenvalue weighted by Crippen LogP contribution is 2.29. The summed E-state index contributed by atoms with van der Waals surface area (Å²) in [6, 6.07) is 4.98. The van der Waals surface area contributed by atoms with Crippen LogP contribution in [0.25, 0.3) is 0 Å². The van der Waals surface area contributed by atoms with Gasteiger partial charge in [0, 0.05) is 10.4 Å². The Morgan fingerprint density at radius 3 is 2.81 bits per heavy atom. The number of aliphatic hydroxyl groups is 1. The number of aliphatic hydroxyl groups excluding tert-OH is 1. The number of amides is 1. The zero-order valence-corrected chi connectivity index (χ0v) is 13.4. The molecule has 0 saturated heterocycles. The minimum absolute atomic E-state index is 0.211. The van der Waals surface area contributed by atoms with Crippen molar-refractivity contribution < 1.29 is 9.90 Å². The van der Waals surface area contributed by atoms with Gasteiger partial charge in [-0.15, -0.1) is 11.3 Å². The summed E-state index contributed by atoms with van der Waals surface area (Å²) < 4.78 is 0. The molecule has 0 saturated carbocycles. The van der Waals surface area contributed by atoms with E-state index in [2.05, 4.69) is 17.2 Å². The predicted molar refractivity (Wildman–Crippen MR) is 87.4 cm³/mol. The fourth-order valence-electron chi connectivity index (χ4n) is 1.58. The number of halogens is 2. The maximum Gasteiger partial charge on any atom is 0.256 e.